The van der Waals surface area contributed by atoms with Crippen LogP contribution in [0.2, 0.25) is 0 Å². The van der Waals surface area contributed by atoms with Crippen LogP contribution in [0.4, 0.5) is 0 Å². The Balaban J connectivity index is 1.84. The minimum Gasteiger partial charge on any atom is -0.454 e. The summed E-state index contributed by atoms with van der Waals surface area (Å²) in [5.41, 5.74) is 1.38. The van der Waals surface area contributed by atoms with Gasteiger partial charge in [0.1, 0.15) is 11.7 Å². The molecule has 3 aliphatic rings. The van der Waals surface area contributed by atoms with Crippen molar-refractivity contribution in [2.75, 3.05) is 6.61 Å². The topological polar surface area (TPSA) is 59.1 Å². The van der Waals surface area contributed by atoms with Crippen molar-refractivity contribution in [3.05, 3.63) is 23.8 Å². The molecule has 0 aromatic rings. The Morgan fingerprint density at radius 3 is 3.05 bits per heavy atom. The summed E-state index contributed by atoms with van der Waals surface area (Å²) in [6.07, 6.45) is 5.40. The molecule has 1 N–H and O–H groups in total. The van der Waals surface area contributed by atoms with E-state index in [-0.39, 0.29) is 36.3 Å². The number of aliphatic hydroxyl groups is 1. The fourth-order valence-electron chi connectivity index (χ4n) is 3.25. The summed E-state index contributed by atoms with van der Waals surface area (Å²) < 4.78 is 11.1. The third kappa shape index (κ3) is 2.13. The summed E-state index contributed by atoms with van der Waals surface area (Å²) in [6.45, 7) is 5.96. The Morgan fingerprint density at radius 1 is 1.53 bits per heavy atom. The molecular formula is C15H20O4. The quantitative estimate of drug-likeness (QED) is 0.339. The molecule has 1 aliphatic carbocycles. The number of hydrogen-bond acceptors (Lipinski definition) is 4. The molecule has 4 atom stereocenters. The third-order valence-electron chi connectivity index (χ3n) is 4.65. The van der Waals surface area contributed by atoms with Crippen LogP contribution in [-0.4, -0.2) is 35.5 Å². The van der Waals surface area contributed by atoms with E-state index in [1.165, 1.54) is 5.57 Å². The van der Waals surface area contributed by atoms with Crippen LogP contribution >= 0.6 is 0 Å². The number of fused-ring (bicyclic) bond motifs is 2. The van der Waals surface area contributed by atoms with E-state index < -0.39 is 0 Å². The predicted octanol–water partition coefficient (Wildman–Crippen LogP) is 1.73. The molecule has 4 heteroatoms. The second-order valence-electron chi connectivity index (χ2n) is 5.92. The summed E-state index contributed by atoms with van der Waals surface area (Å²) in [5, 5.41) is 9.53. The van der Waals surface area contributed by atoms with Crippen molar-refractivity contribution in [3.63, 3.8) is 0 Å². The highest BCUT2D eigenvalue weighted by molar-refractivity contribution is 5.91. The first-order valence-corrected chi connectivity index (χ1v) is 6.91. The molecular weight excluding hydrogens is 244 g/mol. The normalized spacial score (nSPS) is 44.7. The van der Waals surface area contributed by atoms with Crippen molar-refractivity contribution >= 4 is 5.97 Å². The van der Waals surface area contributed by atoms with Crippen LogP contribution in [0.15, 0.2) is 23.8 Å². The Labute approximate surface area is 113 Å². The highest BCUT2D eigenvalue weighted by atomic mass is 16.6. The summed E-state index contributed by atoms with van der Waals surface area (Å²) >= 11 is 0. The van der Waals surface area contributed by atoms with Crippen LogP contribution in [0.25, 0.3) is 0 Å². The maximum absolute atomic E-state index is 11.7. The zero-order valence-corrected chi connectivity index (χ0v) is 11.2. The maximum Gasteiger partial charge on any atom is 0.334 e. The van der Waals surface area contributed by atoms with Gasteiger partial charge in [-0.3, -0.25) is 0 Å². The molecule has 104 valence electrons. The van der Waals surface area contributed by atoms with Gasteiger partial charge in [0.15, 0.2) is 0 Å². The van der Waals surface area contributed by atoms with E-state index in [0.717, 1.165) is 25.7 Å². The first kappa shape index (κ1) is 12.9. The number of hydrogen-bond donors (Lipinski definition) is 1. The highest BCUT2D eigenvalue weighted by Gasteiger charge is 2.56. The number of allylic oxidation sites excluding steroid dienone is 1. The smallest absolute Gasteiger partial charge is 0.334 e. The average Bonchev–Trinajstić information content (AvgIpc) is 3.03. The lowest BCUT2D eigenvalue weighted by molar-refractivity contribution is -0.137. The number of esters is 1. The first-order chi connectivity index (χ1) is 9.05. The molecule has 3 rings (SSSR count). The molecule has 2 aliphatic heterocycles. The predicted molar refractivity (Wildman–Crippen MR) is 69.4 cm³/mol. The Morgan fingerprint density at radius 2 is 2.32 bits per heavy atom. The van der Waals surface area contributed by atoms with Crippen LogP contribution in [-0.2, 0) is 14.3 Å². The second-order valence-corrected chi connectivity index (χ2v) is 5.92. The minimum absolute atomic E-state index is 0.0221. The van der Waals surface area contributed by atoms with E-state index in [1.807, 2.05) is 0 Å². The van der Waals surface area contributed by atoms with Crippen molar-refractivity contribution in [2.24, 2.45) is 5.92 Å². The first-order valence-electron chi connectivity index (χ1n) is 6.91. The number of aliphatic hydroxyl groups excluding tert-OH is 1. The van der Waals surface area contributed by atoms with Crippen LogP contribution in [0.3, 0.4) is 0 Å². The standard InChI is InChI=1S/C15H20O4/c1-9-3-4-13-15(8-16,19-13)6-5-11-10(2)14(17)18-12(11)7-9/h7,11-13,16H,2-6,8H2,1H3/b9-7+. The molecule has 2 fully saturated rings. The van der Waals surface area contributed by atoms with Gasteiger partial charge in [-0.15, -0.1) is 0 Å². The summed E-state index contributed by atoms with van der Waals surface area (Å²) in [7, 11) is 0. The second kappa shape index (κ2) is 4.46. The fourth-order valence-corrected chi connectivity index (χ4v) is 3.25. The van der Waals surface area contributed by atoms with Gasteiger partial charge in [-0.25, -0.2) is 4.79 Å². The monoisotopic (exact) mass is 264 g/mol. The van der Waals surface area contributed by atoms with Crippen molar-refractivity contribution in [2.45, 2.75) is 50.4 Å². The van der Waals surface area contributed by atoms with Crippen molar-refractivity contribution < 1.29 is 19.4 Å². The van der Waals surface area contributed by atoms with E-state index >= 15 is 0 Å². The summed E-state index contributed by atoms with van der Waals surface area (Å²) in [4.78, 5) is 11.7. The molecule has 0 aromatic carbocycles. The van der Waals surface area contributed by atoms with Crippen LogP contribution in [0, 0.1) is 5.92 Å². The number of ether oxygens (including phenoxy) is 2. The lowest BCUT2D eigenvalue weighted by Crippen LogP contribution is -2.25. The molecule has 0 radical (unpaired) electrons. The van der Waals surface area contributed by atoms with Gasteiger partial charge in [0, 0.05) is 11.5 Å². The molecule has 4 nitrogen and oxygen atoms in total. The number of carbonyl (C=O) groups is 1. The molecule has 0 aromatic heterocycles. The van der Waals surface area contributed by atoms with Gasteiger partial charge in [-0.05, 0) is 38.7 Å². The average molecular weight is 264 g/mol. The summed E-state index contributed by atoms with van der Waals surface area (Å²) in [5.74, 6) is -0.265. The van der Waals surface area contributed by atoms with Crippen molar-refractivity contribution in [1.82, 2.24) is 0 Å². The largest absolute Gasteiger partial charge is 0.454 e. The molecule has 0 bridgehead atoms. The van der Waals surface area contributed by atoms with Crippen LogP contribution in [0.5, 0.6) is 0 Å². The lowest BCUT2D eigenvalue weighted by atomic mass is 9.84. The third-order valence-corrected chi connectivity index (χ3v) is 4.65. The number of carbonyl (C=O) groups excluding carboxylic acids is 1. The van der Waals surface area contributed by atoms with Gasteiger partial charge >= 0.3 is 5.97 Å². The zero-order chi connectivity index (χ0) is 13.6. The molecule has 0 spiro atoms. The van der Waals surface area contributed by atoms with Crippen LogP contribution in [0.1, 0.15) is 32.6 Å². The molecule has 2 heterocycles. The van der Waals surface area contributed by atoms with Gasteiger partial charge in [0.2, 0.25) is 0 Å². The Hall–Kier alpha value is -1.13. The van der Waals surface area contributed by atoms with E-state index in [1.54, 1.807) is 0 Å². The van der Waals surface area contributed by atoms with Crippen molar-refractivity contribution in [1.29, 1.82) is 0 Å². The van der Waals surface area contributed by atoms with Crippen LogP contribution < -0.4 is 0 Å². The number of rotatable bonds is 1. The van der Waals surface area contributed by atoms with E-state index in [9.17, 15) is 9.90 Å². The lowest BCUT2D eigenvalue weighted by Gasteiger charge is -2.19. The van der Waals surface area contributed by atoms with E-state index in [2.05, 4.69) is 19.6 Å². The zero-order valence-electron chi connectivity index (χ0n) is 11.2. The molecule has 0 saturated carbocycles. The van der Waals surface area contributed by atoms with E-state index in [4.69, 9.17) is 9.47 Å². The summed E-state index contributed by atoms with van der Waals surface area (Å²) in [6, 6.07) is 0. The van der Waals surface area contributed by atoms with E-state index in [0.29, 0.717) is 5.57 Å². The molecule has 2 saturated heterocycles. The SMILES string of the molecule is C=C1C(=O)OC2/C=C(\C)CCC3OC3(CO)CCC12. The Kier molecular flexibility index (Phi) is 3.02. The van der Waals surface area contributed by atoms with Gasteiger partial charge in [0.05, 0.1) is 12.7 Å². The van der Waals surface area contributed by atoms with Crippen molar-refractivity contribution in [3.8, 4) is 0 Å². The molecule has 19 heavy (non-hydrogen) atoms. The molecule has 0 amide bonds. The molecule has 4 unspecified atom stereocenters. The van der Waals surface area contributed by atoms with Gasteiger partial charge in [-0.2, -0.15) is 0 Å². The Bertz CT molecular complexity index is 453. The van der Waals surface area contributed by atoms with Gasteiger partial charge < -0.3 is 14.6 Å². The fraction of sp³-hybridized carbons (Fsp3) is 0.667. The maximum atomic E-state index is 11.7. The number of epoxide rings is 1. The minimum atomic E-state index is -0.381. The van der Waals surface area contributed by atoms with Gasteiger partial charge in [-0.1, -0.05) is 12.2 Å². The van der Waals surface area contributed by atoms with Gasteiger partial charge in [0.25, 0.3) is 0 Å². The highest BCUT2D eigenvalue weighted by Crippen LogP contribution is 2.46.